The number of benzene rings is 2. The minimum atomic E-state index is 0.118. The van der Waals surface area contributed by atoms with Gasteiger partial charge in [0.2, 0.25) is 5.91 Å². The molecule has 1 aliphatic rings. The van der Waals surface area contributed by atoms with Gasteiger partial charge in [-0.3, -0.25) is 4.79 Å². The second kappa shape index (κ2) is 8.61. The van der Waals surface area contributed by atoms with Crippen molar-refractivity contribution in [3.05, 3.63) is 53.5 Å². The average molecular weight is 397 g/mol. The van der Waals surface area contributed by atoms with Crippen LogP contribution in [0.1, 0.15) is 36.7 Å². The zero-order valence-electron chi connectivity index (χ0n) is 16.0. The van der Waals surface area contributed by atoms with Crippen LogP contribution in [0.25, 0.3) is 10.2 Å². The molecule has 0 radical (unpaired) electrons. The van der Waals surface area contributed by atoms with Crippen LogP contribution in [0.5, 0.6) is 11.5 Å². The molecule has 1 atom stereocenters. The molecule has 1 unspecified atom stereocenters. The molecule has 28 heavy (non-hydrogen) atoms. The van der Waals surface area contributed by atoms with E-state index in [1.165, 1.54) is 4.70 Å². The Morgan fingerprint density at radius 1 is 1.18 bits per heavy atom. The van der Waals surface area contributed by atoms with E-state index in [0.717, 1.165) is 41.4 Å². The van der Waals surface area contributed by atoms with Crippen LogP contribution < -0.4 is 9.47 Å². The molecular weight excluding hydrogens is 372 g/mol. The van der Waals surface area contributed by atoms with E-state index in [0.29, 0.717) is 19.4 Å². The van der Waals surface area contributed by atoms with Gasteiger partial charge in [0.1, 0.15) is 16.5 Å². The summed E-state index contributed by atoms with van der Waals surface area (Å²) in [5.74, 6) is 1.79. The van der Waals surface area contributed by atoms with Crippen LogP contribution in [0.4, 0.5) is 0 Å². The highest BCUT2D eigenvalue weighted by Crippen LogP contribution is 2.36. The number of amides is 1. The van der Waals surface area contributed by atoms with Crippen LogP contribution in [0.2, 0.25) is 0 Å². The molecule has 146 valence electrons. The number of aromatic nitrogens is 1. The highest BCUT2D eigenvalue weighted by Gasteiger charge is 2.31. The zero-order valence-corrected chi connectivity index (χ0v) is 16.8. The van der Waals surface area contributed by atoms with E-state index in [1.54, 1.807) is 18.4 Å². The molecule has 1 aromatic heterocycles. The SMILES string of the molecule is COc1ccc(OCCCC(=O)N2CCCC2c2nc3ccccc3s2)cc1. The molecule has 0 saturated carbocycles. The quantitative estimate of drug-likeness (QED) is 0.537. The van der Waals surface area contributed by atoms with Crippen molar-refractivity contribution in [3.63, 3.8) is 0 Å². The van der Waals surface area contributed by atoms with Crippen molar-refractivity contribution in [1.82, 2.24) is 9.88 Å². The molecule has 1 fully saturated rings. The van der Waals surface area contributed by atoms with Crippen molar-refractivity contribution in [1.29, 1.82) is 0 Å². The van der Waals surface area contributed by atoms with Crippen molar-refractivity contribution in [2.75, 3.05) is 20.3 Å². The van der Waals surface area contributed by atoms with Gasteiger partial charge in [-0.2, -0.15) is 0 Å². The van der Waals surface area contributed by atoms with Gasteiger partial charge < -0.3 is 14.4 Å². The third-order valence-electron chi connectivity index (χ3n) is 5.03. The summed E-state index contributed by atoms with van der Waals surface area (Å²) < 4.78 is 12.1. The summed E-state index contributed by atoms with van der Waals surface area (Å²) >= 11 is 1.70. The van der Waals surface area contributed by atoms with Gasteiger partial charge in [0.05, 0.1) is 30.0 Å². The van der Waals surface area contributed by atoms with Gasteiger partial charge in [-0.05, 0) is 55.7 Å². The number of likely N-dealkylation sites (tertiary alicyclic amines) is 1. The van der Waals surface area contributed by atoms with E-state index in [4.69, 9.17) is 14.5 Å². The van der Waals surface area contributed by atoms with Crippen molar-refractivity contribution in [3.8, 4) is 11.5 Å². The molecule has 0 bridgehead atoms. The molecule has 3 aromatic rings. The first kappa shape index (κ1) is 18.7. The van der Waals surface area contributed by atoms with E-state index in [2.05, 4.69) is 6.07 Å². The fraction of sp³-hybridized carbons (Fsp3) is 0.364. The number of ether oxygens (including phenoxy) is 2. The molecule has 0 N–H and O–H groups in total. The largest absolute Gasteiger partial charge is 0.497 e. The number of hydrogen-bond donors (Lipinski definition) is 0. The summed E-state index contributed by atoms with van der Waals surface area (Å²) in [4.78, 5) is 19.5. The van der Waals surface area contributed by atoms with Crippen LogP contribution >= 0.6 is 11.3 Å². The first-order valence-corrected chi connectivity index (χ1v) is 10.5. The fourth-order valence-corrected chi connectivity index (χ4v) is 4.70. The minimum absolute atomic E-state index is 0.118. The Morgan fingerprint density at radius 3 is 2.75 bits per heavy atom. The van der Waals surface area contributed by atoms with Gasteiger partial charge in [-0.15, -0.1) is 11.3 Å². The molecule has 6 heteroatoms. The summed E-state index contributed by atoms with van der Waals surface area (Å²) in [5.41, 5.74) is 1.02. The van der Waals surface area contributed by atoms with E-state index in [-0.39, 0.29) is 11.9 Å². The number of nitrogens with zero attached hydrogens (tertiary/aromatic N) is 2. The molecule has 2 aromatic carbocycles. The molecule has 1 saturated heterocycles. The van der Waals surface area contributed by atoms with Crippen LogP contribution in [-0.4, -0.2) is 36.1 Å². The topological polar surface area (TPSA) is 51.7 Å². The lowest BCUT2D eigenvalue weighted by molar-refractivity contribution is -0.132. The normalized spacial score (nSPS) is 16.5. The van der Waals surface area contributed by atoms with Crippen LogP contribution in [-0.2, 0) is 4.79 Å². The first-order chi connectivity index (χ1) is 13.7. The fourth-order valence-electron chi connectivity index (χ4n) is 3.58. The van der Waals surface area contributed by atoms with E-state index < -0.39 is 0 Å². The number of carbonyl (C=O) groups is 1. The molecule has 1 aliphatic heterocycles. The lowest BCUT2D eigenvalue weighted by Gasteiger charge is -2.23. The summed E-state index contributed by atoms with van der Waals surface area (Å²) in [6.45, 7) is 1.34. The molecule has 1 amide bonds. The number of thiazole rings is 1. The van der Waals surface area contributed by atoms with E-state index >= 15 is 0 Å². The summed E-state index contributed by atoms with van der Waals surface area (Å²) in [6.07, 6.45) is 3.23. The van der Waals surface area contributed by atoms with Crippen LogP contribution in [0.15, 0.2) is 48.5 Å². The molecular formula is C22H24N2O3S. The van der Waals surface area contributed by atoms with Crippen molar-refractivity contribution in [2.45, 2.75) is 31.7 Å². The zero-order chi connectivity index (χ0) is 19.3. The van der Waals surface area contributed by atoms with Gasteiger partial charge >= 0.3 is 0 Å². The monoisotopic (exact) mass is 396 g/mol. The highest BCUT2D eigenvalue weighted by atomic mass is 32.1. The summed E-state index contributed by atoms with van der Waals surface area (Å²) in [6, 6.07) is 15.8. The second-order valence-corrected chi connectivity index (χ2v) is 7.95. The predicted molar refractivity (Wildman–Crippen MR) is 111 cm³/mol. The van der Waals surface area contributed by atoms with Crippen LogP contribution in [0, 0.1) is 0 Å². The number of methoxy groups -OCH3 is 1. The van der Waals surface area contributed by atoms with E-state index in [9.17, 15) is 4.79 Å². The molecule has 5 nitrogen and oxygen atoms in total. The average Bonchev–Trinajstić information content (AvgIpc) is 3.38. The van der Waals surface area contributed by atoms with Crippen LogP contribution in [0.3, 0.4) is 0 Å². The third kappa shape index (κ3) is 4.12. The smallest absolute Gasteiger partial charge is 0.223 e. The Bertz CT molecular complexity index is 905. The molecule has 4 rings (SSSR count). The molecule has 0 aliphatic carbocycles. The Kier molecular flexibility index (Phi) is 5.76. The van der Waals surface area contributed by atoms with Gasteiger partial charge in [0, 0.05) is 13.0 Å². The van der Waals surface area contributed by atoms with Gasteiger partial charge in [0.15, 0.2) is 0 Å². The number of para-hydroxylation sites is 1. The minimum Gasteiger partial charge on any atom is -0.497 e. The van der Waals surface area contributed by atoms with Gasteiger partial charge in [-0.1, -0.05) is 12.1 Å². The molecule has 0 spiro atoms. The number of hydrogen-bond acceptors (Lipinski definition) is 5. The van der Waals surface area contributed by atoms with Crippen molar-refractivity contribution in [2.24, 2.45) is 0 Å². The third-order valence-corrected chi connectivity index (χ3v) is 6.17. The maximum Gasteiger partial charge on any atom is 0.223 e. The first-order valence-electron chi connectivity index (χ1n) is 9.66. The lowest BCUT2D eigenvalue weighted by atomic mass is 10.2. The van der Waals surface area contributed by atoms with Crippen molar-refractivity contribution >= 4 is 27.5 Å². The summed E-state index contributed by atoms with van der Waals surface area (Å²) in [5, 5.41) is 1.06. The second-order valence-electron chi connectivity index (χ2n) is 6.89. The number of carbonyl (C=O) groups excluding carboxylic acids is 1. The summed E-state index contributed by atoms with van der Waals surface area (Å²) in [7, 11) is 1.64. The van der Waals surface area contributed by atoms with Crippen molar-refractivity contribution < 1.29 is 14.3 Å². The highest BCUT2D eigenvalue weighted by molar-refractivity contribution is 7.18. The van der Waals surface area contributed by atoms with Gasteiger partial charge in [0.25, 0.3) is 0 Å². The number of rotatable bonds is 7. The Labute approximate surface area is 168 Å². The van der Waals surface area contributed by atoms with Gasteiger partial charge in [-0.25, -0.2) is 4.98 Å². The standard InChI is InChI=1S/C22H24N2O3S/c1-26-16-10-12-17(13-11-16)27-15-5-9-21(25)24-14-4-7-19(24)22-23-18-6-2-3-8-20(18)28-22/h2-3,6,8,10-13,19H,4-5,7,9,14-15H2,1H3. The maximum atomic E-state index is 12.8. The molecule has 2 heterocycles. The Hall–Kier alpha value is -2.60. The predicted octanol–water partition coefficient (Wildman–Crippen LogP) is 4.83. The van der Waals surface area contributed by atoms with E-state index in [1.807, 2.05) is 47.4 Å². The Morgan fingerprint density at radius 2 is 1.96 bits per heavy atom. The number of fused-ring (bicyclic) bond motifs is 1. The lowest BCUT2D eigenvalue weighted by Crippen LogP contribution is -2.30. The maximum absolute atomic E-state index is 12.8. The Balaban J connectivity index is 1.30.